The van der Waals surface area contributed by atoms with Crippen LogP contribution in [0.4, 0.5) is 0 Å². The molecule has 1 aromatic carbocycles. The first kappa shape index (κ1) is 13.9. The molecule has 1 aliphatic carbocycles. The SMILES string of the molecule is CCOCCCNC1CC(c2cccc(Cl)c2)C1. The minimum Gasteiger partial charge on any atom is -0.382 e. The fraction of sp³-hybridized carbons (Fsp3) is 0.600. The molecule has 0 saturated heterocycles. The van der Waals surface area contributed by atoms with E-state index in [4.69, 9.17) is 16.3 Å². The van der Waals surface area contributed by atoms with E-state index in [1.807, 2.05) is 19.1 Å². The van der Waals surface area contributed by atoms with E-state index in [0.717, 1.165) is 31.2 Å². The first-order valence-corrected chi connectivity index (χ1v) is 7.24. The summed E-state index contributed by atoms with van der Waals surface area (Å²) in [4.78, 5) is 0. The molecule has 0 aromatic heterocycles. The zero-order chi connectivity index (χ0) is 12.8. The number of hydrogen-bond acceptors (Lipinski definition) is 2. The van der Waals surface area contributed by atoms with Crippen LogP contribution in [0.3, 0.4) is 0 Å². The molecule has 1 fully saturated rings. The van der Waals surface area contributed by atoms with Gasteiger partial charge >= 0.3 is 0 Å². The molecule has 0 spiro atoms. The molecule has 18 heavy (non-hydrogen) atoms. The molecule has 0 unspecified atom stereocenters. The molecule has 0 heterocycles. The second-order valence-corrected chi connectivity index (χ2v) is 5.36. The molecule has 3 heteroatoms. The Balaban J connectivity index is 1.62. The molecule has 1 saturated carbocycles. The number of halogens is 1. The molecule has 1 aliphatic rings. The quantitative estimate of drug-likeness (QED) is 0.762. The summed E-state index contributed by atoms with van der Waals surface area (Å²) in [6.45, 7) is 4.79. The van der Waals surface area contributed by atoms with Crippen molar-refractivity contribution in [2.24, 2.45) is 0 Å². The summed E-state index contributed by atoms with van der Waals surface area (Å²) in [6, 6.07) is 8.93. The minimum atomic E-state index is 0.676. The zero-order valence-electron chi connectivity index (χ0n) is 11.0. The highest BCUT2D eigenvalue weighted by atomic mass is 35.5. The average Bonchev–Trinajstić information content (AvgIpc) is 2.31. The van der Waals surface area contributed by atoms with Crippen LogP contribution in [0.15, 0.2) is 24.3 Å². The minimum absolute atomic E-state index is 0.676. The van der Waals surface area contributed by atoms with Gasteiger partial charge in [0.25, 0.3) is 0 Å². The van der Waals surface area contributed by atoms with Crippen molar-refractivity contribution in [1.82, 2.24) is 5.32 Å². The lowest BCUT2D eigenvalue weighted by Gasteiger charge is -2.36. The topological polar surface area (TPSA) is 21.3 Å². The summed E-state index contributed by atoms with van der Waals surface area (Å²) in [5, 5.41) is 4.43. The fourth-order valence-corrected chi connectivity index (χ4v) is 2.64. The number of nitrogens with one attached hydrogen (secondary N) is 1. The lowest BCUT2D eigenvalue weighted by atomic mass is 9.76. The van der Waals surface area contributed by atoms with Crippen LogP contribution in [0.25, 0.3) is 0 Å². The summed E-state index contributed by atoms with van der Waals surface area (Å²) in [5.74, 6) is 0.688. The third kappa shape index (κ3) is 3.98. The monoisotopic (exact) mass is 267 g/mol. The predicted molar refractivity (Wildman–Crippen MR) is 76.3 cm³/mol. The summed E-state index contributed by atoms with van der Waals surface area (Å²) in [6.07, 6.45) is 3.57. The maximum Gasteiger partial charge on any atom is 0.0477 e. The first-order valence-electron chi connectivity index (χ1n) is 6.86. The van der Waals surface area contributed by atoms with Crippen molar-refractivity contribution in [3.05, 3.63) is 34.9 Å². The summed E-state index contributed by atoms with van der Waals surface area (Å²) in [7, 11) is 0. The standard InChI is InChI=1S/C15H22ClNO/c1-2-18-8-4-7-17-15-10-13(11-15)12-5-3-6-14(16)9-12/h3,5-6,9,13,15,17H,2,4,7-8,10-11H2,1H3. The molecule has 0 aliphatic heterocycles. The highest BCUT2D eigenvalue weighted by Crippen LogP contribution is 2.37. The highest BCUT2D eigenvalue weighted by molar-refractivity contribution is 6.30. The Kier molecular flexibility index (Phi) is 5.48. The maximum atomic E-state index is 6.01. The van der Waals surface area contributed by atoms with Crippen LogP contribution in [0.1, 0.15) is 37.7 Å². The summed E-state index contributed by atoms with van der Waals surface area (Å²) in [5.41, 5.74) is 1.38. The molecule has 0 bridgehead atoms. The molecule has 1 N–H and O–H groups in total. The Morgan fingerprint density at radius 2 is 2.22 bits per heavy atom. The third-order valence-corrected chi connectivity index (χ3v) is 3.80. The van der Waals surface area contributed by atoms with Crippen molar-refractivity contribution in [1.29, 1.82) is 0 Å². The maximum absolute atomic E-state index is 6.01. The Bertz CT molecular complexity index is 363. The van der Waals surface area contributed by atoms with Crippen LogP contribution in [0.5, 0.6) is 0 Å². The molecule has 0 amide bonds. The van der Waals surface area contributed by atoms with Crippen molar-refractivity contribution in [3.8, 4) is 0 Å². The molecule has 0 radical (unpaired) electrons. The van der Waals surface area contributed by atoms with Gasteiger partial charge in [0.05, 0.1) is 0 Å². The second-order valence-electron chi connectivity index (χ2n) is 4.92. The van der Waals surface area contributed by atoms with Crippen molar-refractivity contribution in [3.63, 3.8) is 0 Å². The Hall–Kier alpha value is -0.570. The van der Waals surface area contributed by atoms with Gasteiger partial charge < -0.3 is 10.1 Å². The van der Waals surface area contributed by atoms with Gasteiger partial charge in [0.1, 0.15) is 0 Å². The van der Waals surface area contributed by atoms with E-state index >= 15 is 0 Å². The van der Waals surface area contributed by atoms with Crippen molar-refractivity contribution in [2.45, 2.75) is 38.1 Å². The Labute approximate surface area is 115 Å². The smallest absolute Gasteiger partial charge is 0.0477 e. The molecular formula is C15H22ClNO. The van der Waals surface area contributed by atoms with Gasteiger partial charge in [-0.2, -0.15) is 0 Å². The average molecular weight is 268 g/mol. The summed E-state index contributed by atoms with van der Waals surface area (Å²) < 4.78 is 5.32. The van der Waals surface area contributed by atoms with Gasteiger partial charge in [0, 0.05) is 24.3 Å². The summed E-state index contributed by atoms with van der Waals surface area (Å²) >= 11 is 6.01. The van der Waals surface area contributed by atoms with Crippen molar-refractivity contribution in [2.75, 3.05) is 19.8 Å². The highest BCUT2D eigenvalue weighted by Gasteiger charge is 2.29. The Morgan fingerprint density at radius 3 is 2.94 bits per heavy atom. The van der Waals surface area contributed by atoms with Crippen LogP contribution in [-0.2, 0) is 4.74 Å². The van der Waals surface area contributed by atoms with E-state index in [0.29, 0.717) is 12.0 Å². The zero-order valence-corrected chi connectivity index (χ0v) is 11.7. The van der Waals surface area contributed by atoms with Gasteiger partial charge in [-0.15, -0.1) is 0 Å². The van der Waals surface area contributed by atoms with Gasteiger partial charge in [-0.3, -0.25) is 0 Å². The normalized spacial score (nSPS) is 22.8. The van der Waals surface area contributed by atoms with Crippen molar-refractivity contribution < 1.29 is 4.74 Å². The van der Waals surface area contributed by atoms with Gasteiger partial charge in [-0.1, -0.05) is 23.7 Å². The number of benzene rings is 1. The number of rotatable bonds is 7. The van der Waals surface area contributed by atoms with Crippen molar-refractivity contribution >= 4 is 11.6 Å². The van der Waals surface area contributed by atoms with Gasteiger partial charge in [0.15, 0.2) is 0 Å². The molecular weight excluding hydrogens is 246 g/mol. The Morgan fingerprint density at radius 1 is 1.39 bits per heavy atom. The second kappa shape index (κ2) is 7.13. The lowest BCUT2D eigenvalue weighted by molar-refractivity contribution is 0.142. The molecule has 2 nitrogen and oxygen atoms in total. The van der Waals surface area contributed by atoms with E-state index in [-0.39, 0.29) is 0 Å². The lowest BCUT2D eigenvalue weighted by Crippen LogP contribution is -2.40. The molecule has 0 atom stereocenters. The van der Waals surface area contributed by atoms with Crippen LogP contribution < -0.4 is 5.32 Å². The molecule has 1 aromatic rings. The fourth-order valence-electron chi connectivity index (χ4n) is 2.44. The van der Waals surface area contributed by atoms with E-state index in [2.05, 4.69) is 17.4 Å². The van der Waals surface area contributed by atoms with E-state index in [9.17, 15) is 0 Å². The third-order valence-electron chi connectivity index (χ3n) is 3.56. The molecule has 2 rings (SSSR count). The van der Waals surface area contributed by atoms with E-state index < -0.39 is 0 Å². The first-order chi connectivity index (χ1) is 8.79. The predicted octanol–water partition coefficient (Wildman–Crippen LogP) is 3.60. The van der Waals surface area contributed by atoms with Crippen LogP contribution >= 0.6 is 11.6 Å². The van der Waals surface area contributed by atoms with Gasteiger partial charge in [0.2, 0.25) is 0 Å². The number of ether oxygens (including phenoxy) is 1. The van der Waals surface area contributed by atoms with Gasteiger partial charge in [-0.05, 0) is 56.3 Å². The van der Waals surface area contributed by atoms with Crippen LogP contribution in [0.2, 0.25) is 5.02 Å². The van der Waals surface area contributed by atoms with Gasteiger partial charge in [-0.25, -0.2) is 0 Å². The van der Waals surface area contributed by atoms with Crippen LogP contribution in [0, 0.1) is 0 Å². The largest absolute Gasteiger partial charge is 0.382 e. The van der Waals surface area contributed by atoms with E-state index in [1.165, 1.54) is 18.4 Å². The number of hydrogen-bond donors (Lipinski definition) is 1. The molecule has 100 valence electrons. The van der Waals surface area contributed by atoms with Crippen LogP contribution in [-0.4, -0.2) is 25.8 Å². The van der Waals surface area contributed by atoms with E-state index in [1.54, 1.807) is 0 Å².